The van der Waals surface area contributed by atoms with Crippen LogP contribution in [0.1, 0.15) is 47.8 Å². The number of carbonyl (C=O) groups is 1. The molecule has 1 atom stereocenters. The van der Waals surface area contributed by atoms with E-state index in [4.69, 9.17) is 4.42 Å². The van der Waals surface area contributed by atoms with Crippen LogP contribution in [0.25, 0.3) is 11.3 Å². The number of amides is 1. The van der Waals surface area contributed by atoms with Gasteiger partial charge in [-0.2, -0.15) is 0 Å². The molecule has 1 saturated heterocycles. The van der Waals surface area contributed by atoms with Crippen LogP contribution in [0.15, 0.2) is 65.3 Å². The number of benzene rings is 1. The van der Waals surface area contributed by atoms with E-state index in [1.165, 1.54) is 12.1 Å². The van der Waals surface area contributed by atoms with E-state index in [9.17, 15) is 9.18 Å². The lowest BCUT2D eigenvalue weighted by molar-refractivity contribution is 0.0649. The number of furan rings is 1. The predicted octanol–water partition coefficient (Wildman–Crippen LogP) is 5.24. The Morgan fingerprint density at radius 1 is 1.00 bits per heavy atom. The Bertz CT molecular complexity index is 906. The monoisotopic (exact) mass is 364 g/mol. The lowest BCUT2D eigenvalue weighted by Gasteiger charge is -2.29. The SMILES string of the molecule is O=C(c1ccc(-c2ccc(F)cc2)o1)N1CCCCCC1c1ccncc1. The molecule has 1 amide bonds. The Kier molecular flexibility index (Phi) is 5.01. The van der Waals surface area contributed by atoms with Crippen LogP contribution in [0.4, 0.5) is 4.39 Å². The van der Waals surface area contributed by atoms with Crippen LogP contribution in [0.2, 0.25) is 0 Å². The molecule has 0 N–H and O–H groups in total. The third-order valence-corrected chi connectivity index (χ3v) is 5.05. The Hall–Kier alpha value is -2.95. The highest BCUT2D eigenvalue weighted by Crippen LogP contribution is 2.32. The summed E-state index contributed by atoms with van der Waals surface area (Å²) in [5, 5.41) is 0. The second kappa shape index (κ2) is 7.74. The molecule has 0 bridgehead atoms. The van der Waals surface area contributed by atoms with Crippen LogP contribution in [-0.4, -0.2) is 22.3 Å². The molecular formula is C22H21FN2O2. The molecule has 1 aliphatic heterocycles. The summed E-state index contributed by atoms with van der Waals surface area (Å²) in [6.07, 6.45) is 7.66. The zero-order valence-corrected chi connectivity index (χ0v) is 15.0. The molecule has 0 radical (unpaired) electrons. The number of rotatable bonds is 3. The van der Waals surface area contributed by atoms with Crippen molar-refractivity contribution in [3.8, 4) is 11.3 Å². The van der Waals surface area contributed by atoms with Crippen LogP contribution in [0.3, 0.4) is 0 Å². The Balaban J connectivity index is 1.61. The number of hydrogen-bond donors (Lipinski definition) is 0. The summed E-state index contributed by atoms with van der Waals surface area (Å²) in [5.74, 6) is 0.474. The van der Waals surface area contributed by atoms with Gasteiger partial charge >= 0.3 is 0 Å². The van der Waals surface area contributed by atoms with Crippen molar-refractivity contribution in [2.75, 3.05) is 6.54 Å². The summed E-state index contributed by atoms with van der Waals surface area (Å²) < 4.78 is 18.9. The largest absolute Gasteiger partial charge is 0.451 e. The molecule has 5 heteroatoms. The van der Waals surface area contributed by atoms with Gasteiger partial charge in [-0.1, -0.05) is 12.8 Å². The first-order valence-corrected chi connectivity index (χ1v) is 9.29. The smallest absolute Gasteiger partial charge is 0.290 e. The summed E-state index contributed by atoms with van der Waals surface area (Å²) in [4.78, 5) is 19.2. The summed E-state index contributed by atoms with van der Waals surface area (Å²) in [7, 11) is 0. The molecule has 3 aromatic rings. The van der Waals surface area contributed by atoms with Crippen LogP contribution in [0.5, 0.6) is 0 Å². The summed E-state index contributed by atoms with van der Waals surface area (Å²) in [6, 6.07) is 13.5. The number of aromatic nitrogens is 1. The third-order valence-electron chi connectivity index (χ3n) is 5.05. The van der Waals surface area contributed by atoms with Crippen LogP contribution >= 0.6 is 0 Å². The second-order valence-corrected chi connectivity index (χ2v) is 6.82. The normalized spacial score (nSPS) is 17.5. The Morgan fingerprint density at radius 3 is 2.56 bits per heavy atom. The summed E-state index contributed by atoms with van der Waals surface area (Å²) in [5.41, 5.74) is 1.85. The van der Waals surface area contributed by atoms with Crippen molar-refractivity contribution < 1.29 is 13.6 Å². The van der Waals surface area contributed by atoms with Gasteiger partial charge in [0.1, 0.15) is 11.6 Å². The molecule has 27 heavy (non-hydrogen) atoms. The Morgan fingerprint density at radius 2 is 1.78 bits per heavy atom. The molecular weight excluding hydrogens is 343 g/mol. The van der Waals surface area contributed by atoms with Crippen molar-refractivity contribution in [2.24, 2.45) is 0 Å². The molecule has 3 heterocycles. The number of hydrogen-bond acceptors (Lipinski definition) is 3. The molecule has 138 valence electrons. The average Bonchev–Trinajstić information content (AvgIpc) is 3.06. The van der Waals surface area contributed by atoms with Crippen molar-refractivity contribution in [3.05, 3.63) is 78.1 Å². The second-order valence-electron chi connectivity index (χ2n) is 6.82. The number of nitrogens with zero attached hydrogens (tertiary/aromatic N) is 2. The van der Waals surface area contributed by atoms with Gasteiger partial charge in [0.15, 0.2) is 5.76 Å². The molecule has 0 aliphatic carbocycles. The maximum atomic E-state index is 13.2. The number of pyridine rings is 1. The van der Waals surface area contributed by atoms with E-state index in [1.54, 1.807) is 36.7 Å². The fraction of sp³-hybridized carbons (Fsp3) is 0.273. The first kappa shape index (κ1) is 17.5. The van der Waals surface area contributed by atoms with Crippen molar-refractivity contribution >= 4 is 5.91 Å². The lowest BCUT2D eigenvalue weighted by atomic mass is 10.0. The summed E-state index contributed by atoms with van der Waals surface area (Å²) >= 11 is 0. The molecule has 1 fully saturated rings. The van der Waals surface area contributed by atoms with Gasteiger partial charge in [0.05, 0.1) is 6.04 Å². The first-order valence-electron chi connectivity index (χ1n) is 9.29. The van der Waals surface area contributed by atoms with Gasteiger partial charge in [0.2, 0.25) is 0 Å². The van der Waals surface area contributed by atoms with Crippen molar-refractivity contribution in [1.82, 2.24) is 9.88 Å². The van der Waals surface area contributed by atoms with Gasteiger partial charge in [-0.3, -0.25) is 9.78 Å². The molecule has 4 rings (SSSR count). The Labute approximate surface area is 157 Å². The highest BCUT2D eigenvalue weighted by Gasteiger charge is 2.29. The van der Waals surface area contributed by atoms with E-state index in [2.05, 4.69) is 4.98 Å². The van der Waals surface area contributed by atoms with E-state index < -0.39 is 0 Å². The predicted molar refractivity (Wildman–Crippen MR) is 101 cm³/mol. The quantitative estimate of drug-likeness (QED) is 0.639. The molecule has 4 nitrogen and oxygen atoms in total. The molecule has 0 saturated carbocycles. The first-order chi connectivity index (χ1) is 13.2. The van der Waals surface area contributed by atoms with Gasteiger partial charge in [-0.25, -0.2) is 4.39 Å². The maximum Gasteiger partial charge on any atom is 0.290 e. The van der Waals surface area contributed by atoms with Crippen molar-refractivity contribution in [3.63, 3.8) is 0 Å². The minimum atomic E-state index is -0.300. The minimum absolute atomic E-state index is 0.0300. The van der Waals surface area contributed by atoms with E-state index in [0.29, 0.717) is 18.1 Å². The van der Waals surface area contributed by atoms with Gasteiger partial charge in [0.25, 0.3) is 5.91 Å². The zero-order valence-electron chi connectivity index (χ0n) is 15.0. The summed E-state index contributed by atoms with van der Waals surface area (Å²) in [6.45, 7) is 0.707. The highest BCUT2D eigenvalue weighted by atomic mass is 19.1. The number of halogens is 1. The van der Waals surface area contributed by atoms with Crippen molar-refractivity contribution in [1.29, 1.82) is 0 Å². The van der Waals surface area contributed by atoms with E-state index in [1.807, 2.05) is 17.0 Å². The lowest BCUT2D eigenvalue weighted by Crippen LogP contribution is -2.34. The van der Waals surface area contributed by atoms with E-state index in [0.717, 1.165) is 36.8 Å². The fourth-order valence-electron chi connectivity index (χ4n) is 3.65. The third kappa shape index (κ3) is 3.77. The highest BCUT2D eigenvalue weighted by molar-refractivity contribution is 5.92. The average molecular weight is 364 g/mol. The standard InChI is InChI=1S/C22H21FN2O2/c23-18-7-5-17(6-8-18)20-9-10-21(27-20)22(26)25-15-3-1-2-4-19(25)16-11-13-24-14-12-16/h5-14,19H,1-4,15H2. The van der Waals surface area contributed by atoms with E-state index >= 15 is 0 Å². The molecule has 1 aromatic carbocycles. The van der Waals surface area contributed by atoms with E-state index in [-0.39, 0.29) is 17.8 Å². The molecule has 2 aromatic heterocycles. The van der Waals surface area contributed by atoms with Crippen LogP contribution in [0, 0.1) is 5.82 Å². The van der Waals surface area contributed by atoms with Gasteiger partial charge in [-0.15, -0.1) is 0 Å². The molecule has 0 spiro atoms. The fourth-order valence-corrected chi connectivity index (χ4v) is 3.65. The van der Waals surface area contributed by atoms with Crippen LogP contribution in [-0.2, 0) is 0 Å². The number of carbonyl (C=O) groups excluding carboxylic acids is 1. The molecule has 1 aliphatic rings. The maximum absolute atomic E-state index is 13.2. The van der Waals surface area contributed by atoms with Gasteiger partial charge < -0.3 is 9.32 Å². The van der Waals surface area contributed by atoms with Crippen LogP contribution < -0.4 is 0 Å². The molecule has 1 unspecified atom stereocenters. The number of likely N-dealkylation sites (tertiary alicyclic amines) is 1. The van der Waals surface area contributed by atoms with Gasteiger partial charge in [-0.05, 0) is 66.9 Å². The minimum Gasteiger partial charge on any atom is -0.451 e. The topological polar surface area (TPSA) is 46.3 Å². The zero-order chi connectivity index (χ0) is 18.6. The van der Waals surface area contributed by atoms with Gasteiger partial charge in [0, 0.05) is 24.5 Å². The van der Waals surface area contributed by atoms with Crippen molar-refractivity contribution in [2.45, 2.75) is 31.7 Å².